The van der Waals surface area contributed by atoms with Gasteiger partial charge in [0.05, 0.1) is 10.7 Å². The molecule has 0 spiro atoms. The van der Waals surface area contributed by atoms with E-state index >= 15 is 0 Å². The Bertz CT molecular complexity index is 305. The molecule has 0 aliphatic rings. The van der Waals surface area contributed by atoms with Crippen LogP contribution in [0.3, 0.4) is 0 Å². The van der Waals surface area contributed by atoms with Gasteiger partial charge in [0.15, 0.2) is 0 Å². The van der Waals surface area contributed by atoms with Gasteiger partial charge in [0.1, 0.15) is 6.04 Å². The van der Waals surface area contributed by atoms with Crippen LogP contribution in [0.4, 0.5) is 0 Å². The molecule has 0 heterocycles. The van der Waals surface area contributed by atoms with Crippen molar-refractivity contribution in [2.75, 3.05) is 6.54 Å². The predicted molar refractivity (Wildman–Crippen MR) is 59.9 cm³/mol. The van der Waals surface area contributed by atoms with Crippen LogP contribution in [0.25, 0.3) is 0 Å². The van der Waals surface area contributed by atoms with Crippen molar-refractivity contribution in [1.82, 2.24) is 10.6 Å². The maximum Gasteiger partial charge on any atom is 0.328 e. The fourth-order valence-corrected chi connectivity index (χ4v) is 0.802. The second-order valence-electron chi connectivity index (χ2n) is 2.38. The SMILES string of the molecule is O=C(C=S)NCC(NC(=O)C=S)C(=O)O. The Balaban J connectivity index is 4.22. The van der Waals surface area contributed by atoms with Crippen molar-refractivity contribution >= 4 is 53.0 Å². The topological polar surface area (TPSA) is 95.5 Å². The van der Waals surface area contributed by atoms with Gasteiger partial charge >= 0.3 is 5.97 Å². The Hall–Kier alpha value is -1.41. The van der Waals surface area contributed by atoms with Gasteiger partial charge in [-0.1, -0.05) is 24.4 Å². The van der Waals surface area contributed by atoms with Gasteiger partial charge in [0.2, 0.25) is 0 Å². The highest BCUT2D eigenvalue weighted by atomic mass is 32.1. The minimum atomic E-state index is -1.27. The molecular weight excluding hydrogens is 240 g/mol. The molecule has 6 nitrogen and oxygen atoms in total. The molecule has 0 rings (SSSR count). The molecule has 2 amide bonds. The van der Waals surface area contributed by atoms with Crippen molar-refractivity contribution in [2.45, 2.75) is 6.04 Å². The number of carboxylic acids is 1. The minimum absolute atomic E-state index is 0.254. The maximum atomic E-state index is 10.8. The number of nitrogens with one attached hydrogen (secondary N) is 2. The Morgan fingerprint density at radius 1 is 1.20 bits per heavy atom. The molecule has 0 aromatic heterocycles. The van der Waals surface area contributed by atoms with Crippen molar-refractivity contribution in [1.29, 1.82) is 0 Å². The largest absolute Gasteiger partial charge is 0.480 e. The molecule has 0 bridgehead atoms. The van der Waals surface area contributed by atoms with E-state index < -0.39 is 23.8 Å². The number of amides is 2. The molecule has 82 valence electrons. The van der Waals surface area contributed by atoms with E-state index in [2.05, 4.69) is 35.1 Å². The van der Waals surface area contributed by atoms with Crippen molar-refractivity contribution in [3.63, 3.8) is 0 Å². The summed E-state index contributed by atoms with van der Waals surface area (Å²) in [6.45, 7) is -0.254. The second-order valence-corrected chi connectivity index (χ2v) is 2.85. The average Bonchev–Trinajstić information content (AvgIpc) is 2.22. The van der Waals surface area contributed by atoms with E-state index in [9.17, 15) is 14.4 Å². The fraction of sp³-hybridized carbons (Fsp3) is 0.286. The number of carboxylic acid groups (broad SMARTS) is 1. The van der Waals surface area contributed by atoms with Gasteiger partial charge in [0.25, 0.3) is 11.8 Å². The number of hydrogen-bond donors (Lipinski definition) is 3. The molecule has 0 fully saturated rings. The van der Waals surface area contributed by atoms with Gasteiger partial charge in [-0.05, 0) is 0 Å². The number of hydrogen-bond acceptors (Lipinski definition) is 5. The molecule has 1 unspecified atom stereocenters. The van der Waals surface area contributed by atoms with E-state index in [-0.39, 0.29) is 6.54 Å². The normalized spacial score (nSPS) is 10.9. The van der Waals surface area contributed by atoms with Crippen LogP contribution in [-0.4, -0.2) is 46.2 Å². The Labute approximate surface area is 96.0 Å². The van der Waals surface area contributed by atoms with Crippen molar-refractivity contribution in [3.8, 4) is 0 Å². The van der Waals surface area contributed by atoms with Crippen LogP contribution >= 0.6 is 24.4 Å². The standard InChI is InChI=1S/C7H8N2O4S2/c10-5(2-14)8-1-4(7(12)13)9-6(11)3-15/h2-4H,1H2,(H,8,10)(H,9,11)(H,12,13). The number of rotatable bonds is 6. The van der Waals surface area contributed by atoms with E-state index in [4.69, 9.17) is 5.11 Å². The summed E-state index contributed by atoms with van der Waals surface area (Å²) in [5, 5.41) is 14.5. The van der Waals surface area contributed by atoms with E-state index in [0.717, 1.165) is 10.7 Å². The Morgan fingerprint density at radius 3 is 2.13 bits per heavy atom. The first kappa shape index (κ1) is 13.6. The third kappa shape index (κ3) is 5.81. The van der Waals surface area contributed by atoms with E-state index in [1.165, 1.54) is 0 Å². The highest BCUT2D eigenvalue weighted by Crippen LogP contribution is 1.82. The molecule has 8 heteroatoms. The van der Waals surface area contributed by atoms with Gasteiger partial charge in [-0.15, -0.1) is 0 Å². The molecule has 0 saturated carbocycles. The molecule has 15 heavy (non-hydrogen) atoms. The Kier molecular flexibility index (Phi) is 6.30. The van der Waals surface area contributed by atoms with Crippen LogP contribution in [0, 0.1) is 0 Å². The van der Waals surface area contributed by atoms with Crippen molar-refractivity contribution in [3.05, 3.63) is 0 Å². The lowest BCUT2D eigenvalue weighted by atomic mass is 10.3. The summed E-state index contributed by atoms with van der Waals surface area (Å²) in [6, 6.07) is -1.23. The summed E-state index contributed by atoms with van der Waals surface area (Å²) in [5.74, 6) is -2.56. The van der Waals surface area contributed by atoms with Gasteiger partial charge in [-0.25, -0.2) is 4.79 Å². The van der Waals surface area contributed by atoms with Gasteiger partial charge < -0.3 is 15.7 Å². The molecule has 0 aromatic rings. The van der Waals surface area contributed by atoms with Crippen LogP contribution < -0.4 is 10.6 Å². The first-order valence-corrected chi connectivity index (χ1v) is 4.67. The van der Waals surface area contributed by atoms with E-state index in [1.54, 1.807) is 0 Å². The summed E-state index contributed by atoms with van der Waals surface area (Å²) in [6.07, 6.45) is 0. The Morgan fingerprint density at radius 2 is 1.73 bits per heavy atom. The van der Waals surface area contributed by atoms with Crippen LogP contribution in [0.5, 0.6) is 0 Å². The molecule has 0 saturated heterocycles. The monoisotopic (exact) mass is 248 g/mol. The van der Waals surface area contributed by atoms with Gasteiger partial charge in [-0.3, -0.25) is 9.59 Å². The first-order valence-electron chi connectivity index (χ1n) is 3.72. The second kappa shape index (κ2) is 6.96. The predicted octanol–water partition coefficient (Wildman–Crippen LogP) is -1.33. The number of aliphatic carboxylic acids is 1. The highest BCUT2D eigenvalue weighted by molar-refractivity contribution is 7.80. The lowest BCUT2D eigenvalue weighted by molar-refractivity contribution is -0.140. The molecule has 0 aromatic carbocycles. The number of carbonyl (C=O) groups is 3. The van der Waals surface area contributed by atoms with Crippen LogP contribution in [-0.2, 0) is 14.4 Å². The molecule has 1 atom stereocenters. The number of carbonyl (C=O) groups excluding carboxylic acids is 2. The summed E-state index contributed by atoms with van der Waals surface area (Å²) < 4.78 is 0. The first-order chi connectivity index (χ1) is 7.01. The number of thiocarbonyl (C=S) groups is 2. The van der Waals surface area contributed by atoms with E-state index in [0.29, 0.717) is 0 Å². The molecular formula is C7H8N2O4S2. The highest BCUT2D eigenvalue weighted by Gasteiger charge is 2.19. The van der Waals surface area contributed by atoms with E-state index in [1.807, 2.05) is 0 Å². The molecule has 0 aliphatic carbocycles. The zero-order valence-corrected chi connectivity index (χ0v) is 9.06. The zero-order chi connectivity index (χ0) is 11.8. The summed E-state index contributed by atoms with van der Waals surface area (Å²) in [7, 11) is 0. The molecule has 0 radical (unpaired) electrons. The van der Waals surface area contributed by atoms with Crippen LogP contribution in [0.2, 0.25) is 0 Å². The summed E-state index contributed by atoms with van der Waals surface area (Å²) >= 11 is 8.61. The third-order valence-electron chi connectivity index (χ3n) is 1.31. The van der Waals surface area contributed by atoms with Crippen molar-refractivity contribution in [2.24, 2.45) is 0 Å². The summed E-state index contributed by atoms with van der Waals surface area (Å²) in [4.78, 5) is 32.1. The van der Waals surface area contributed by atoms with Crippen LogP contribution in [0.15, 0.2) is 0 Å². The molecule has 3 N–H and O–H groups in total. The smallest absolute Gasteiger partial charge is 0.328 e. The maximum absolute atomic E-state index is 10.8. The third-order valence-corrected chi connectivity index (χ3v) is 1.74. The molecule has 0 aliphatic heterocycles. The lowest BCUT2D eigenvalue weighted by Gasteiger charge is -2.12. The van der Waals surface area contributed by atoms with Gasteiger partial charge in [0, 0.05) is 6.54 Å². The van der Waals surface area contributed by atoms with Crippen LogP contribution in [0.1, 0.15) is 0 Å². The zero-order valence-electron chi connectivity index (χ0n) is 7.43. The average molecular weight is 248 g/mol. The van der Waals surface area contributed by atoms with Crippen molar-refractivity contribution < 1.29 is 19.5 Å². The fourth-order valence-electron chi connectivity index (χ4n) is 0.650. The lowest BCUT2D eigenvalue weighted by Crippen LogP contribution is -2.48. The quantitative estimate of drug-likeness (QED) is 0.504. The van der Waals surface area contributed by atoms with Gasteiger partial charge in [-0.2, -0.15) is 0 Å². The summed E-state index contributed by atoms with van der Waals surface area (Å²) in [5.41, 5.74) is 0. The minimum Gasteiger partial charge on any atom is -0.480 e.